The van der Waals surface area contributed by atoms with E-state index >= 15 is 0 Å². The standard InChI is InChI=1S/C26H18O5/c1-13-3-6-17(21(9-13)26(29)30)24-18-8-5-16(27)12-23(18)31-25-19(24)7-4-15-11-22(28)14(2)10-20(15)25/h3-12,28H,1-2H3,(H,29,30). The Morgan fingerprint density at radius 3 is 2.42 bits per heavy atom. The van der Waals surface area contributed by atoms with E-state index in [2.05, 4.69) is 0 Å². The fourth-order valence-electron chi connectivity index (χ4n) is 4.14. The number of fused-ring (bicyclic) bond motifs is 4. The average Bonchev–Trinajstić information content (AvgIpc) is 2.73. The monoisotopic (exact) mass is 410 g/mol. The van der Waals surface area contributed by atoms with Crippen molar-refractivity contribution in [3.8, 4) is 28.2 Å². The molecule has 0 atom stereocenters. The van der Waals surface area contributed by atoms with Gasteiger partial charge in [0.2, 0.25) is 0 Å². The SMILES string of the molecule is Cc1ccc(-c2c3ccc(=O)cc-3oc3c2ccc2cc(O)c(C)cc23)c(C(=O)O)c1. The Hall–Kier alpha value is -4.12. The van der Waals surface area contributed by atoms with Gasteiger partial charge in [0.15, 0.2) is 5.43 Å². The predicted octanol–water partition coefficient (Wildman–Crippen LogP) is 5.74. The van der Waals surface area contributed by atoms with E-state index in [1.54, 1.807) is 31.2 Å². The largest absolute Gasteiger partial charge is 0.508 e. The number of aryl methyl sites for hydroxylation is 2. The quantitative estimate of drug-likeness (QED) is 0.286. The van der Waals surface area contributed by atoms with E-state index in [0.717, 1.165) is 21.7 Å². The number of hydrogen-bond donors (Lipinski definition) is 2. The molecule has 0 bridgehead atoms. The number of carboxylic acids is 1. The summed E-state index contributed by atoms with van der Waals surface area (Å²) in [4.78, 5) is 24.1. The minimum Gasteiger partial charge on any atom is -0.508 e. The third-order valence-electron chi connectivity index (χ3n) is 5.67. The first-order valence-corrected chi connectivity index (χ1v) is 9.81. The van der Waals surface area contributed by atoms with Crippen LogP contribution in [0, 0.1) is 13.8 Å². The lowest BCUT2D eigenvalue weighted by Gasteiger charge is -2.18. The molecule has 3 aromatic rings. The van der Waals surface area contributed by atoms with Gasteiger partial charge in [-0.15, -0.1) is 0 Å². The molecule has 2 aliphatic rings. The second-order valence-corrected chi connectivity index (χ2v) is 7.79. The summed E-state index contributed by atoms with van der Waals surface area (Å²) in [7, 11) is 0. The van der Waals surface area contributed by atoms with Crippen LogP contribution in [0.2, 0.25) is 0 Å². The highest BCUT2D eigenvalue weighted by atomic mass is 16.4. The van der Waals surface area contributed by atoms with Gasteiger partial charge in [-0.3, -0.25) is 4.79 Å². The smallest absolute Gasteiger partial charge is 0.336 e. The molecule has 3 aromatic carbocycles. The van der Waals surface area contributed by atoms with Crippen molar-refractivity contribution in [1.29, 1.82) is 0 Å². The second kappa shape index (κ2) is 6.71. The van der Waals surface area contributed by atoms with Gasteiger partial charge in [-0.05, 0) is 66.8 Å². The van der Waals surface area contributed by atoms with Crippen LogP contribution in [0.3, 0.4) is 0 Å². The molecule has 0 aromatic heterocycles. The summed E-state index contributed by atoms with van der Waals surface area (Å²) in [5.74, 6) is -0.464. The minimum absolute atomic E-state index is 0.182. The van der Waals surface area contributed by atoms with E-state index < -0.39 is 5.97 Å². The lowest BCUT2D eigenvalue weighted by Crippen LogP contribution is -2.04. The molecule has 5 heteroatoms. The third-order valence-corrected chi connectivity index (χ3v) is 5.67. The summed E-state index contributed by atoms with van der Waals surface area (Å²) in [5.41, 5.74) is 3.96. The number of phenolic OH excluding ortho intramolecular Hbond substituents is 1. The Morgan fingerprint density at radius 1 is 0.871 bits per heavy atom. The van der Waals surface area contributed by atoms with Crippen molar-refractivity contribution in [3.05, 3.63) is 87.6 Å². The number of aromatic carboxylic acids is 1. The number of carbonyl (C=O) groups is 1. The minimum atomic E-state index is -1.03. The van der Waals surface area contributed by atoms with E-state index in [1.165, 1.54) is 12.1 Å². The highest BCUT2D eigenvalue weighted by molar-refractivity contribution is 6.14. The van der Waals surface area contributed by atoms with E-state index in [0.29, 0.717) is 33.6 Å². The Morgan fingerprint density at radius 2 is 1.65 bits per heavy atom. The van der Waals surface area contributed by atoms with Gasteiger partial charge in [0, 0.05) is 28.0 Å². The fraction of sp³-hybridized carbons (Fsp3) is 0.0769. The molecule has 31 heavy (non-hydrogen) atoms. The molecule has 0 radical (unpaired) electrons. The highest BCUT2D eigenvalue weighted by Gasteiger charge is 2.22. The van der Waals surface area contributed by atoms with Gasteiger partial charge in [0.25, 0.3) is 0 Å². The summed E-state index contributed by atoms with van der Waals surface area (Å²) in [6.07, 6.45) is 0. The van der Waals surface area contributed by atoms with Gasteiger partial charge in [0.1, 0.15) is 17.1 Å². The third kappa shape index (κ3) is 2.94. The van der Waals surface area contributed by atoms with E-state index in [-0.39, 0.29) is 16.7 Å². The Bertz CT molecular complexity index is 1560. The Labute approximate surface area is 177 Å². The normalized spacial score (nSPS) is 11.4. The maximum atomic E-state index is 12.1. The molecule has 0 spiro atoms. The molecule has 1 heterocycles. The Kier molecular flexibility index (Phi) is 4.08. The number of benzene rings is 4. The maximum absolute atomic E-state index is 12.1. The number of aromatic hydroxyl groups is 1. The van der Waals surface area contributed by atoms with Crippen LogP contribution in [-0.2, 0) is 0 Å². The molecular formula is C26H18O5. The highest BCUT2D eigenvalue weighted by Crippen LogP contribution is 2.43. The molecule has 1 aliphatic carbocycles. The zero-order chi connectivity index (χ0) is 21.9. The van der Waals surface area contributed by atoms with Crippen LogP contribution in [0.15, 0.2) is 69.9 Å². The van der Waals surface area contributed by atoms with E-state index in [9.17, 15) is 19.8 Å². The van der Waals surface area contributed by atoms with Crippen LogP contribution in [0.4, 0.5) is 0 Å². The molecule has 0 saturated heterocycles. The molecule has 0 amide bonds. The summed E-state index contributed by atoms with van der Waals surface area (Å²) >= 11 is 0. The van der Waals surface area contributed by atoms with Crippen molar-refractivity contribution < 1.29 is 19.4 Å². The lowest BCUT2D eigenvalue weighted by atomic mass is 9.89. The Balaban J connectivity index is 2.03. The van der Waals surface area contributed by atoms with Gasteiger partial charge < -0.3 is 14.6 Å². The van der Waals surface area contributed by atoms with Gasteiger partial charge in [-0.25, -0.2) is 4.79 Å². The van der Waals surface area contributed by atoms with Crippen molar-refractivity contribution >= 4 is 27.7 Å². The molecule has 1 aliphatic heterocycles. The molecule has 5 nitrogen and oxygen atoms in total. The first-order valence-electron chi connectivity index (χ1n) is 9.81. The van der Waals surface area contributed by atoms with Crippen molar-refractivity contribution in [2.75, 3.05) is 0 Å². The number of carboxylic acid groups (broad SMARTS) is 1. The van der Waals surface area contributed by atoms with Crippen LogP contribution >= 0.6 is 0 Å². The van der Waals surface area contributed by atoms with Gasteiger partial charge in [0.05, 0.1) is 5.56 Å². The number of phenols is 1. The lowest BCUT2D eigenvalue weighted by molar-refractivity contribution is 0.0697. The van der Waals surface area contributed by atoms with Crippen LogP contribution < -0.4 is 5.43 Å². The first-order chi connectivity index (χ1) is 14.8. The average molecular weight is 410 g/mol. The summed E-state index contributed by atoms with van der Waals surface area (Å²) in [5, 5.41) is 22.3. The zero-order valence-corrected chi connectivity index (χ0v) is 16.9. The van der Waals surface area contributed by atoms with Crippen LogP contribution in [0.25, 0.3) is 44.2 Å². The fourth-order valence-corrected chi connectivity index (χ4v) is 4.14. The molecule has 152 valence electrons. The molecule has 0 fully saturated rings. The molecule has 5 rings (SSSR count). The van der Waals surface area contributed by atoms with Crippen molar-refractivity contribution in [3.63, 3.8) is 0 Å². The second-order valence-electron chi connectivity index (χ2n) is 7.79. The van der Waals surface area contributed by atoms with Gasteiger partial charge >= 0.3 is 5.97 Å². The molecule has 0 saturated carbocycles. The topological polar surface area (TPSA) is 87.7 Å². The van der Waals surface area contributed by atoms with Crippen molar-refractivity contribution in [1.82, 2.24) is 0 Å². The van der Waals surface area contributed by atoms with Crippen LogP contribution in [0.1, 0.15) is 21.5 Å². The summed E-state index contributed by atoms with van der Waals surface area (Å²) in [6, 6.07) is 17.1. The van der Waals surface area contributed by atoms with Crippen molar-refractivity contribution in [2.45, 2.75) is 13.8 Å². The van der Waals surface area contributed by atoms with Crippen LogP contribution in [0.5, 0.6) is 5.75 Å². The van der Waals surface area contributed by atoms with Gasteiger partial charge in [-0.1, -0.05) is 23.8 Å². The van der Waals surface area contributed by atoms with E-state index in [1.807, 2.05) is 31.2 Å². The zero-order valence-electron chi connectivity index (χ0n) is 16.9. The first kappa shape index (κ1) is 18.9. The number of rotatable bonds is 2. The van der Waals surface area contributed by atoms with Crippen molar-refractivity contribution in [2.24, 2.45) is 0 Å². The van der Waals surface area contributed by atoms with Gasteiger partial charge in [-0.2, -0.15) is 0 Å². The maximum Gasteiger partial charge on any atom is 0.336 e. The van der Waals surface area contributed by atoms with E-state index in [4.69, 9.17) is 4.42 Å². The molecule has 0 unspecified atom stereocenters. The number of hydrogen-bond acceptors (Lipinski definition) is 4. The molecular weight excluding hydrogens is 392 g/mol. The summed E-state index contributed by atoms with van der Waals surface area (Å²) in [6.45, 7) is 3.65. The van der Waals surface area contributed by atoms with Crippen LogP contribution in [-0.4, -0.2) is 16.2 Å². The predicted molar refractivity (Wildman–Crippen MR) is 120 cm³/mol. The summed E-state index contributed by atoms with van der Waals surface area (Å²) < 4.78 is 6.19. The molecule has 2 N–H and O–H groups in total.